The molecule has 0 saturated heterocycles. The molecule has 1 aliphatic carbocycles. The number of hydrogen-bond acceptors (Lipinski definition) is 3. The summed E-state index contributed by atoms with van der Waals surface area (Å²) < 4.78 is 37.3. The maximum atomic E-state index is 13.5. The topological polar surface area (TPSA) is 63.2 Å². The van der Waals surface area contributed by atoms with Gasteiger partial charge in [0.15, 0.2) is 9.84 Å². The van der Waals surface area contributed by atoms with Gasteiger partial charge in [-0.2, -0.15) is 0 Å². The normalized spacial score (nSPS) is 15.1. The van der Waals surface area contributed by atoms with Crippen molar-refractivity contribution >= 4 is 27.3 Å². The van der Waals surface area contributed by atoms with Crippen molar-refractivity contribution in [3.05, 3.63) is 34.6 Å². The lowest BCUT2D eigenvalue weighted by Crippen LogP contribution is -2.32. The first kappa shape index (κ1) is 15.3. The van der Waals surface area contributed by atoms with Crippen LogP contribution in [0.2, 0.25) is 5.02 Å². The first-order chi connectivity index (χ1) is 9.37. The number of rotatable bonds is 6. The second kappa shape index (κ2) is 6.10. The van der Waals surface area contributed by atoms with Crippen LogP contribution in [-0.2, 0) is 20.4 Å². The van der Waals surface area contributed by atoms with Gasteiger partial charge in [-0.1, -0.05) is 17.7 Å². The van der Waals surface area contributed by atoms with Crippen LogP contribution in [0.15, 0.2) is 18.2 Å². The van der Waals surface area contributed by atoms with Crippen molar-refractivity contribution in [3.8, 4) is 0 Å². The summed E-state index contributed by atoms with van der Waals surface area (Å²) in [6.45, 7) is 0.509. The lowest BCUT2D eigenvalue weighted by Gasteiger charge is -2.08. The molecular weight excluding hydrogens is 305 g/mol. The Morgan fingerprint density at radius 2 is 2.10 bits per heavy atom. The number of carbonyl (C=O) groups excluding carboxylic acids is 1. The van der Waals surface area contributed by atoms with Gasteiger partial charge in [-0.25, -0.2) is 12.8 Å². The summed E-state index contributed by atoms with van der Waals surface area (Å²) in [5, 5.41) is 2.62. The Morgan fingerprint density at radius 3 is 2.70 bits per heavy atom. The zero-order chi connectivity index (χ0) is 14.8. The third-order valence-electron chi connectivity index (χ3n) is 3.06. The van der Waals surface area contributed by atoms with Gasteiger partial charge in [0.25, 0.3) is 0 Å². The van der Waals surface area contributed by atoms with Crippen LogP contribution in [0.4, 0.5) is 4.39 Å². The minimum absolute atomic E-state index is 0.0481. The Hall–Kier alpha value is -1.14. The van der Waals surface area contributed by atoms with E-state index >= 15 is 0 Å². The van der Waals surface area contributed by atoms with Crippen LogP contribution in [0, 0.1) is 11.7 Å². The minimum Gasteiger partial charge on any atom is -0.355 e. The lowest BCUT2D eigenvalue weighted by atomic mass is 10.2. The lowest BCUT2D eigenvalue weighted by molar-refractivity contribution is -0.118. The zero-order valence-corrected chi connectivity index (χ0v) is 12.3. The molecule has 110 valence electrons. The maximum absolute atomic E-state index is 13.5. The van der Waals surface area contributed by atoms with E-state index in [0.717, 1.165) is 18.9 Å². The third-order valence-corrected chi connectivity index (χ3v) is 4.85. The summed E-state index contributed by atoms with van der Waals surface area (Å²) in [5.41, 5.74) is -0.0934. The predicted octanol–water partition coefficient (Wildman–Crippen LogP) is 1.92. The summed E-state index contributed by atoms with van der Waals surface area (Å²) >= 11 is 5.78. The van der Waals surface area contributed by atoms with Gasteiger partial charge in [0.1, 0.15) is 11.6 Å². The molecule has 0 radical (unpaired) electrons. The molecule has 7 heteroatoms. The van der Waals surface area contributed by atoms with E-state index in [4.69, 9.17) is 11.6 Å². The molecule has 1 amide bonds. The second-order valence-electron chi connectivity index (χ2n) is 4.98. The van der Waals surface area contributed by atoms with Crippen molar-refractivity contribution in [3.63, 3.8) is 0 Å². The molecule has 0 aliphatic heterocycles. The molecule has 1 fully saturated rings. The van der Waals surface area contributed by atoms with Crippen molar-refractivity contribution in [2.45, 2.75) is 18.6 Å². The second-order valence-corrected chi connectivity index (χ2v) is 7.45. The molecular formula is C13H15ClFNO3S. The predicted molar refractivity (Wildman–Crippen MR) is 74.6 cm³/mol. The van der Waals surface area contributed by atoms with E-state index in [0.29, 0.717) is 12.5 Å². The molecule has 4 nitrogen and oxygen atoms in total. The van der Waals surface area contributed by atoms with Gasteiger partial charge in [0.05, 0.1) is 5.75 Å². The number of hydrogen-bond donors (Lipinski definition) is 1. The molecule has 0 aromatic heterocycles. The fourth-order valence-electron chi connectivity index (χ4n) is 1.77. The van der Waals surface area contributed by atoms with E-state index in [1.54, 1.807) is 0 Å². The van der Waals surface area contributed by atoms with E-state index in [9.17, 15) is 17.6 Å². The molecule has 2 rings (SSSR count). The van der Waals surface area contributed by atoms with Crippen molar-refractivity contribution in [2.75, 3.05) is 12.3 Å². The fraction of sp³-hybridized carbons (Fsp3) is 0.462. The van der Waals surface area contributed by atoms with Crippen LogP contribution < -0.4 is 5.32 Å². The van der Waals surface area contributed by atoms with Gasteiger partial charge < -0.3 is 5.32 Å². The highest BCUT2D eigenvalue weighted by Gasteiger charge is 2.24. The van der Waals surface area contributed by atoms with Crippen LogP contribution in [0.25, 0.3) is 0 Å². The van der Waals surface area contributed by atoms with Gasteiger partial charge in [-0.05, 0) is 30.9 Å². The van der Waals surface area contributed by atoms with Crippen LogP contribution in [0.3, 0.4) is 0 Å². The maximum Gasteiger partial charge on any atom is 0.235 e. The molecule has 0 atom stereocenters. The number of amides is 1. The summed E-state index contributed by atoms with van der Waals surface area (Å²) in [7, 11) is -3.74. The summed E-state index contributed by atoms with van der Waals surface area (Å²) in [6, 6.07) is 3.96. The molecule has 1 N–H and O–H groups in total. The number of benzene rings is 1. The molecule has 1 aliphatic rings. The standard InChI is InChI=1S/C13H15ClFNO3S/c14-11-2-1-3-12(15)10(11)7-20(18,19)8-13(17)16-6-9-4-5-9/h1-3,9H,4-8H2,(H,16,17). The van der Waals surface area contributed by atoms with Gasteiger partial charge in [0.2, 0.25) is 5.91 Å². The molecule has 0 unspecified atom stereocenters. The van der Waals surface area contributed by atoms with Crippen molar-refractivity contribution < 1.29 is 17.6 Å². The Bertz CT molecular complexity index is 594. The van der Waals surface area contributed by atoms with Gasteiger partial charge in [-0.15, -0.1) is 0 Å². The molecule has 0 spiro atoms. The summed E-state index contributed by atoms with van der Waals surface area (Å²) in [5.74, 6) is -1.98. The van der Waals surface area contributed by atoms with E-state index in [2.05, 4.69) is 5.32 Å². The number of carbonyl (C=O) groups is 1. The average molecular weight is 320 g/mol. The van der Waals surface area contributed by atoms with E-state index in [1.807, 2.05) is 0 Å². The monoisotopic (exact) mass is 319 g/mol. The smallest absolute Gasteiger partial charge is 0.235 e. The Morgan fingerprint density at radius 1 is 1.40 bits per heavy atom. The Balaban J connectivity index is 1.97. The summed E-state index contributed by atoms with van der Waals surface area (Å²) in [6.07, 6.45) is 2.13. The van der Waals surface area contributed by atoms with E-state index in [-0.39, 0.29) is 10.6 Å². The van der Waals surface area contributed by atoms with Gasteiger partial charge in [0, 0.05) is 17.1 Å². The minimum atomic E-state index is -3.74. The first-order valence-electron chi connectivity index (χ1n) is 6.27. The van der Waals surface area contributed by atoms with Crippen LogP contribution in [-0.4, -0.2) is 26.6 Å². The van der Waals surface area contributed by atoms with Crippen LogP contribution >= 0.6 is 11.6 Å². The Labute approximate surface area is 122 Å². The van der Waals surface area contributed by atoms with Crippen LogP contribution in [0.5, 0.6) is 0 Å². The molecule has 1 aromatic rings. The van der Waals surface area contributed by atoms with Crippen molar-refractivity contribution in [1.82, 2.24) is 5.32 Å². The quantitative estimate of drug-likeness (QED) is 0.871. The van der Waals surface area contributed by atoms with Crippen molar-refractivity contribution in [2.24, 2.45) is 5.92 Å². The molecule has 1 aromatic carbocycles. The molecule has 0 heterocycles. The van der Waals surface area contributed by atoms with Crippen LogP contribution in [0.1, 0.15) is 18.4 Å². The van der Waals surface area contributed by atoms with E-state index < -0.39 is 33.1 Å². The van der Waals surface area contributed by atoms with E-state index in [1.165, 1.54) is 12.1 Å². The third kappa shape index (κ3) is 4.45. The first-order valence-corrected chi connectivity index (χ1v) is 8.47. The van der Waals surface area contributed by atoms with Gasteiger partial charge >= 0.3 is 0 Å². The molecule has 0 bridgehead atoms. The largest absolute Gasteiger partial charge is 0.355 e. The number of nitrogens with one attached hydrogen (secondary N) is 1. The highest BCUT2D eigenvalue weighted by atomic mass is 35.5. The average Bonchev–Trinajstić information content (AvgIpc) is 3.15. The summed E-state index contributed by atoms with van der Waals surface area (Å²) in [4.78, 5) is 11.5. The van der Waals surface area contributed by atoms with Crippen molar-refractivity contribution in [1.29, 1.82) is 0 Å². The molecule has 20 heavy (non-hydrogen) atoms. The number of halogens is 2. The SMILES string of the molecule is O=C(CS(=O)(=O)Cc1c(F)cccc1Cl)NCC1CC1. The fourth-order valence-corrected chi connectivity index (χ4v) is 3.42. The number of sulfone groups is 1. The van der Waals surface area contributed by atoms with Gasteiger partial charge in [-0.3, -0.25) is 4.79 Å². The highest BCUT2D eigenvalue weighted by molar-refractivity contribution is 7.91. The molecule has 1 saturated carbocycles. The zero-order valence-electron chi connectivity index (χ0n) is 10.7. The Kier molecular flexibility index (Phi) is 4.65. The highest BCUT2D eigenvalue weighted by Crippen LogP contribution is 2.27.